The molecular weight excluding hydrogens is 234 g/mol. The van der Waals surface area contributed by atoms with Crippen LogP contribution in [-0.4, -0.2) is 47.8 Å². The van der Waals surface area contributed by atoms with E-state index in [-0.39, 0.29) is 5.69 Å². The Balaban J connectivity index is 1.72. The molecule has 1 aromatic rings. The predicted molar refractivity (Wildman–Crippen MR) is 65.4 cm³/mol. The zero-order valence-corrected chi connectivity index (χ0v) is 10.6. The highest BCUT2D eigenvalue weighted by Crippen LogP contribution is 2.14. The highest BCUT2D eigenvalue weighted by molar-refractivity contribution is 5.85. The standard InChI is InChI=1S/C12H19N3O3/c1-15-4-2-3-9(8-15)6-13-7-10-5-11(12(16)17)14-18-10/h5,9,13H,2-4,6-8H2,1H3,(H,16,17). The Kier molecular flexibility index (Phi) is 4.33. The fourth-order valence-corrected chi connectivity index (χ4v) is 2.34. The Morgan fingerprint density at radius 1 is 1.72 bits per heavy atom. The number of aromatic carboxylic acids is 1. The van der Waals surface area contributed by atoms with Crippen molar-refractivity contribution in [1.82, 2.24) is 15.4 Å². The van der Waals surface area contributed by atoms with Crippen molar-refractivity contribution in [2.45, 2.75) is 19.4 Å². The summed E-state index contributed by atoms with van der Waals surface area (Å²) < 4.78 is 4.93. The number of hydrogen-bond acceptors (Lipinski definition) is 5. The molecule has 1 aromatic heterocycles. The van der Waals surface area contributed by atoms with Gasteiger partial charge in [-0.15, -0.1) is 0 Å². The molecule has 6 nitrogen and oxygen atoms in total. The van der Waals surface area contributed by atoms with Gasteiger partial charge in [-0.3, -0.25) is 0 Å². The van der Waals surface area contributed by atoms with E-state index in [9.17, 15) is 4.79 Å². The van der Waals surface area contributed by atoms with E-state index in [2.05, 4.69) is 22.4 Å². The van der Waals surface area contributed by atoms with Crippen LogP contribution in [0.2, 0.25) is 0 Å². The van der Waals surface area contributed by atoms with E-state index in [0.717, 1.165) is 13.1 Å². The second-order valence-corrected chi connectivity index (χ2v) is 4.89. The summed E-state index contributed by atoms with van der Waals surface area (Å²) in [6.07, 6.45) is 2.49. The zero-order valence-electron chi connectivity index (χ0n) is 10.6. The van der Waals surface area contributed by atoms with Crippen LogP contribution in [0.25, 0.3) is 0 Å². The van der Waals surface area contributed by atoms with E-state index < -0.39 is 5.97 Å². The van der Waals surface area contributed by atoms with Crippen molar-refractivity contribution in [3.8, 4) is 0 Å². The first-order valence-electron chi connectivity index (χ1n) is 6.23. The Hall–Kier alpha value is -1.40. The van der Waals surface area contributed by atoms with Crippen LogP contribution in [0.5, 0.6) is 0 Å². The lowest BCUT2D eigenvalue weighted by atomic mass is 9.98. The Morgan fingerprint density at radius 3 is 3.22 bits per heavy atom. The molecule has 2 heterocycles. The Labute approximate surface area is 106 Å². The van der Waals surface area contributed by atoms with Gasteiger partial charge in [0.1, 0.15) is 0 Å². The molecule has 0 radical (unpaired) electrons. The van der Waals surface area contributed by atoms with Crippen molar-refractivity contribution in [2.24, 2.45) is 5.92 Å². The summed E-state index contributed by atoms with van der Waals surface area (Å²) in [7, 11) is 2.14. The third-order valence-electron chi connectivity index (χ3n) is 3.23. The van der Waals surface area contributed by atoms with Crippen LogP contribution in [0.15, 0.2) is 10.6 Å². The lowest BCUT2D eigenvalue weighted by Crippen LogP contribution is -2.37. The number of piperidine rings is 1. The van der Waals surface area contributed by atoms with Crippen molar-refractivity contribution in [1.29, 1.82) is 0 Å². The maximum Gasteiger partial charge on any atom is 0.358 e. The van der Waals surface area contributed by atoms with Gasteiger partial charge >= 0.3 is 5.97 Å². The molecular formula is C12H19N3O3. The summed E-state index contributed by atoms with van der Waals surface area (Å²) in [6.45, 7) is 3.75. The molecule has 100 valence electrons. The summed E-state index contributed by atoms with van der Waals surface area (Å²) in [5.74, 6) is 0.168. The fraction of sp³-hybridized carbons (Fsp3) is 0.667. The van der Waals surface area contributed by atoms with Crippen molar-refractivity contribution in [3.63, 3.8) is 0 Å². The maximum absolute atomic E-state index is 10.6. The minimum Gasteiger partial charge on any atom is -0.476 e. The monoisotopic (exact) mass is 253 g/mol. The maximum atomic E-state index is 10.6. The average molecular weight is 253 g/mol. The van der Waals surface area contributed by atoms with Crippen molar-refractivity contribution in [2.75, 3.05) is 26.7 Å². The molecule has 1 saturated heterocycles. The van der Waals surface area contributed by atoms with Gasteiger partial charge in [-0.05, 0) is 38.9 Å². The van der Waals surface area contributed by atoms with Gasteiger partial charge in [-0.1, -0.05) is 5.16 Å². The van der Waals surface area contributed by atoms with Crippen LogP contribution >= 0.6 is 0 Å². The molecule has 0 saturated carbocycles. The molecule has 1 aliphatic heterocycles. The summed E-state index contributed by atoms with van der Waals surface area (Å²) in [5.41, 5.74) is -0.0378. The molecule has 1 atom stereocenters. The molecule has 2 rings (SSSR count). The third-order valence-corrected chi connectivity index (χ3v) is 3.23. The summed E-state index contributed by atoms with van der Waals surface area (Å²) in [6, 6.07) is 1.46. The molecule has 1 unspecified atom stereocenters. The topological polar surface area (TPSA) is 78.6 Å². The summed E-state index contributed by atoms with van der Waals surface area (Å²) >= 11 is 0. The highest BCUT2D eigenvalue weighted by Gasteiger charge is 2.17. The van der Waals surface area contributed by atoms with Gasteiger partial charge in [0.2, 0.25) is 0 Å². The minimum atomic E-state index is -1.06. The Morgan fingerprint density at radius 2 is 2.56 bits per heavy atom. The van der Waals surface area contributed by atoms with E-state index >= 15 is 0 Å². The van der Waals surface area contributed by atoms with Gasteiger partial charge in [0.25, 0.3) is 0 Å². The van der Waals surface area contributed by atoms with Gasteiger partial charge < -0.3 is 19.8 Å². The molecule has 0 aliphatic carbocycles. The minimum absolute atomic E-state index is 0.0378. The van der Waals surface area contributed by atoms with E-state index in [0.29, 0.717) is 18.2 Å². The molecule has 2 N–H and O–H groups in total. The van der Waals surface area contributed by atoms with Crippen molar-refractivity contribution in [3.05, 3.63) is 17.5 Å². The van der Waals surface area contributed by atoms with Crippen LogP contribution in [0, 0.1) is 5.92 Å². The molecule has 18 heavy (non-hydrogen) atoms. The highest BCUT2D eigenvalue weighted by atomic mass is 16.5. The average Bonchev–Trinajstić information content (AvgIpc) is 2.78. The first-order valence-corrected chi connectivity index (χ1v) is 6.23. The number of nitrogens with zero attached hydrogens (tertiary/aromatic N) is 2. The van der Waals surface area contributed by atoms with Crippen LogP contribution in [-0.2, 0) is 6.54 Å². The number of rotatable bonds is 5. The second-order valence-electron chi connectivity index (χ2n) is 4.89. The van der Waals surface area contributed by atoms with Gasteiger partial charge in [0, 0.05) is 12.6 Å². The number of carboxylic acid groups (broad SMARTS) is 1. The van der Waals surface area contributed by atoms with Crippen LogP contribution in [0.3, 0.4) is 0 Å². The van der Waals surface area contributed by atoms with Crippen LogP contribution in [0.4, 0.5) is 0 Å². The molecule has 0 amide bonds. The number of carbonyl (C=O) groups is 1. The quantitative estimate of drug-likeness (QED) is 0.808. The van der Waals surface area contributed by atoms with Gasteiger partial charge in [0.15, 0.2) is 11.5 Å². The molecule has 1 aliphatic rings. The van der Waals surface area contributed by atoms with Gasteiger partial charge in [-0.25, -0.2) is 4.79 Å². The molecule has 1 fully saturated rings. The first-order chi connectivity index (χ1) is 8.65. The third kappa shape index (κ3) is 3.54. The number of carboxylic acids is 1. The molecule has 0 spiro atoms. The van der Waals surface area contributed by atoms with Gasteiger partial charge in [0.05, 0.1) is 6.54 Å². The van der Waals surface area contributed by atoms with E-state index in [4.69, 9.17) is 9.63 Å². The smallest absolute Gasteiger partial charge is 0.358 e. The molecule has 0 bridgehead atoms. The molecule has 0 aromatic carbocycles. The summed E-state index contributed by atoms with van der Waals surface area (Å²) in [5, 5.41) is 15.5. The van der Waals surface area contributed by atoms with E-state index in [1.165, 1.54) is 25.5 Å². The SMILES string of the molecule is CN1CCCC(CNCc2cc(C(=O)O)no2)C1. The number of nitrogens with one attached hydrogen (secondary N) is 1. The first kappa shape index (κ1) is 13.0. The lowest BCUT2D eigenvalue weighted by Gasteiger charge is -2.29. The number of hydrogen-bond donors (Lipinski definition) is 2. The second kappa shape index (κ2) is 5.97. The van der Waals surface area contributed by atoms with Crippen LogP contribution < -0.4 is 5.32 Å². The van der Waals surface area contributed by atoms with Crippen LogP contribution in [0.1, 0.15) is 29.1 Å². The summed E-state index contributed by atoms with van der Waals surface area (Å²) in [4.78, 5) is 13.0. The van der Waals surface area contributed by atoms with Crippen molar-refractivity contribution < 1.29 is 14.4 Å². The van der Waals surface area contributed by atoms with Crippen molar-refractivity contribution >= 4 is 5.97 Å². The predicted octanol–water partition coefficient (Wildman–Crippen LogP) is 0.804. The Bertz CT molecular complexity index is 405. The number of likely N-dealkylation sites (tertiary alicyclic amines) is 1. The fourth-order valence-electron chi connectivity index (χ4n) is 2.34. The molecule has 6 heteroatoms. The normalized spacial score (nSPS) is 21.1. The van der Waals surface area contributed by atoms with E-state index in [1.54, 1.807) is 0 Å². The van der Waals surface area contributed by atoms with E-state index in [1.807, 2.05) is 0 Å². The number of aromatic nitrogens is 1. The van der Waals surface area contributed by atoms with Gasteiger partial charge in [-0.2, -0.15) is 0 Å². The lowest BCUT2D eigenvalue weighted by molar-refractivity contribution is 0.0685. The zero-order chi connectivity index (χ0) is 13.0. The largest absolute Gasteiger partial charge is 0.476 e.